The number of nitrogens with zero attached hydrogens (tertiary/aromatic N) is 1. The minimum absolute atomic E-state index is 0.275. The fraction of sp³-hybridized carbons (Fsp3) is 0.0968. The zero-order valence-electron chi connectivity index (χ0n) is 21.2. The zero-order chi connectivity index (χ0) is 27.4. The summed E-state index contributed by atoms with van der Waals surface area (Å²) in [5.74, 6) is -0.577. The van der Waals surface area contributed by atoms with E-state index >= 15 is 0 Å². The van der Waals surface area contributed by atoms with Crippen molar-refractivity contribution >= 4 is 44.5 Å². The lowest BCUT2D eigenvalue weighted by molar-refractivity contribution is -0.132. The first kappa shape index (κ1) is 25.8. The van der Waals surface area contributed by atoms with Gasteiger partial charge in [-0.3, -0.25) is 19.7 Å². The Balaban J connectivity index is 1.54. The Labute approximate surface area is 229 Å². The molecule has 5 rings (SSSR count). The Morgan fingerprint density at radius 2 is 1.26 bits per heavy atom. The second-order valence-corrected chi connectivity index (χ2v) is 9.82. The molecule has 0 spiro atoms. The molecule has 1 N–H and O–H groups in total. The number of para-hydroxylation sites is 1. The van der Waals surface area contributed by atoms with Crippen LogP contribution in [-0.2, 0) is 9.59 Å². The SMILES string of the molecule is CC(=O)Oc1ccc(C(c2ccc(OC(C)=O)cc2)c2ccccc2C(=O)Nc2nc3ccccc3s2)cc1. The molecule has 0 unspecified atom stereocenters. The van der Waals surface area contributed by atoms with E-state index in [1.54, 1.807) is 30.3 Å². The first-order chi connectivity index (χ1) is 18.9. The minimum atomic E-state index is -0.405. The molecule has 4 aromatic carbocycles. The Morgan fingerprint density at radius 1 is 0.718 bits per heavy atom. The molecule has 8 heteroatoms. The quantitative estimate of drug-likeness (QED) is 0.143. The van der Waals surface area contributed by atoms with Gasteiger partial charge in [0.15, 0.2) is 5.13 Å². The van der Waals surface area contributed by atoms with Crippen LogP contribution in [0.1, 0.15) is 46.8 Å². The third-order valence-electron chi connectivity index (χ3n) is 5.98. The van der Waals surface area contributed by atoms with E-state index in [0.717, 1.165) is 26.9 Å². The van der Waals surface area contributed by atoms with Gasteiger partial charge in [-0.1, -0.05) is 65.9 Å². The molecule has 194 valence electrons. The molecule has 0 bridgehead atoms. The molecule has 1 amide bonds. The van der Waals surface area contributed by atoms with Gasteiger partial charge < -0.3 is 9.47 Å². The summed E-state index contributed by atoms with van der Waals surface area (Å²) in [7, 11) is 0. The maximum absolute atomic E-state index is 13.6. The van der Waals surface area contributed by atoms with Gasteiger partial charge >= 0.3 is 11.9 Å². The van der Waals surface area contributed by atoms with Gasteiger partial charge in [0.2, 0.25) is 0 Å². The van der Waals surface area contributed by atoms with E-state index in [0.29, 0.717) is 22.2 Å². The number of carbonyl (C=O) groups excluding carboxylic acids is 3. The van der Waals surface area contributed by atoms with Gasteiger partial charge in [0.1, 0.15) is 11.5 Å². The average molecular weight is 537 g/mol. The summed E-state index contributed by atoms with van der Waals surface area (Å²) in [4.78, 5) is 40.9. The third kappa shape index (κ3) is 6.02. The monoisotopic (exact) mass is 536 g/mol. The van der Waals surface area contributed by atoms with Crippen LogP contribution >= 0.6 is 11.3 Å². The molecule has 0 aliphatic rings. The van der Waals surface area contributed by atoms with Crippen molar-refractivity contribution in [3.63, 3.8) is 0 Å². The van der Waals surface area contributed by atoms with Crippen LogP contribution in [0.4, 0.5) is 5.13 Å². The second kappa shape index (κ2) is 11.3. The van der Waals surface area contributed by atoms with Crippen LogP contribution in [0.5, 0.6) is 11.5 Å². The average Bonchev–Trinajstić information content (AvgIpc) is 3.33. The van der Waals surface area contributed by atoms with Crippen molar-refractivity contribution in [2.24, 2.45) is 0 Å². The topological polar surface area (TPSA) is 94.6 Å². The van der Waals surface area contributed by atoms with Crippen molar-refractivity contribution in [3.05, 3.63) is 119 Å². The van der Waals surface area contributed by atoms with Crippen LogP contribution in [0, 0.1) is 0 Å². The maximum atomic E-state index is 13.6. The van der Waals surface area contributed by atoms with Crippen molar-refractivity contribution in [1.29, 1.82) is 0 Å². The maximum Gasteiger partial charge on any atom is 0.308 e. The number of thiazole rings is 1. The molecule has 0 fully saturated rings. The summed E-state index contributed by atoms with van der Waals surface area (Å²) in [6, 6.07) is 29.5. The fourth-order valence-electron chi connectivity index (χ4n) is 4.39. The van der Waals surface area contributed by atoms with Gasteiger partial charge in [0.25, 0.3) is 5.91 Å². The molecule has 1 heterocycles. The lowest BCUT2D eigenvalue weighted by Gasteiger charge is -2.22. The van der Waals surface area contributed by atoms with Crippen molar-refractivity contribution in [3.8, 4) is 11.5 Å². The first-order valence-electron chi connectivity index (χ1n) is 12.2. The van der Waals surface area contributed by atoms with Gasteiger partial charge in [-0.05, 0) is 59.2 Å². The Bertz CT molecular complexity index is 1570. The standard InChI is InChI=1S/C31H24N2O5S/c1-19(34)37-23-15-11-21(12-16-23)29(22-13-17-24(18-14-22)38-20(2)35)25-7-3-4-8-26(25)30(36)33-31-32-27-9-5-6-10-28(27)39-31/h3-18,29H,1-2H3,(H,32,33,36). The molecule has 0 atom stereocenters. The highest BCUT2D eigenvalue weighted by atomic mass is 32.1. The summed E-state index contributed by atoms with van der Waals surface area (Å²) >= 11 is 1.41. The lowest BCUT2D eigenvalue weighted by atomic mass is 9.82. The number of carbonyl (C=O) groups is 3. The highest BCUT2D eigenvalue weighted by Gasteiger charge is 2.23. The molecule has 5 aromatic rings. The van der Waals surface area contributed by atoms with Crippen molar-refractivity contribution in [2.75, 3.05) is 5.32 Å². The normalized spacial score (nSPS) is 10.8. The molecule has 0 aliphatic carbocycles. The largest absolute Gasteiger partial charge is 0.427 e. The number of nitrogens with one attached hydrogen (secondary N) is 1. The van der Waals surface area contributed by atoms with E-state index < -0.39 is 11.9 Å². The molecule has 0 aliphatic heterocycles. The molecule has 0 saturated carbocycles. The number of esters is 2. The summed E-state index contributed by atoms with van der Waals surface area (Å²) in [6.07, 6.45) is 0. The zero-order valence-corrected chi connectivity index (χ0v) is 22.0. The van der Waals surface area contributed by atoms with Crippen LogP contribution in [0.3, 0.4) is 0 Å². The number of amides is 1. The predicted octanol–water partition coefficient (Wildman–Crippen LogP) is 6.58. The number of ether oxygens (including phenoxy) is 2. The predicted molar refractivity (Wildman–Crippen MR) is 150 cm³/mol. The molecule has 39 heavy (non-hydrogen) atoms. The van der Waals surface area contributed by atoms with E-state index in [1.165, 1.54) is 25.2 Å². The van der Waals surface area contributed by atoms with Crippen LogP contribution in [0.15, 0.2) is 97.1 Å². The van der Waals surface area contributed by atoms with Crippen molar-refractivity contribution in [2.45, 2.75) is 19.8 Å². The fourth-order valence-corrected chi connectivity index (χ4v) is 5.25. The van der Waals surface area contributed by atoms with Gasteiger partial charge in [0.05, 0.1) is 10.2 Å². The molecular formula is C31H24N2O5S. The molecule has 0 radical (unpaired) electrons. The summed E-state index contributed by atoms with van der Waals surface area (Å²) in [5.41, 5.74) is 3.86. The first-order valence-corrected chi connectivity index (χ1v) is 13.0. The number of aromatic nitrogens is 1. The molecule has 7 nitrogen and oxygen atoms in total. The number of rotatable bonds is 7. The van der Waals surface area contributed by atoms with Crippen LogP contribution in [0.25, 0.3) is 10.2 Å². The number of benzene rings is 4. The number of hydrogen-bond acceptors (Lipinski definition) is 7. The highest BCUT2D eigenvalue weighted by molar-refractivity contribution is 7.22. The van der Waals surface area contributed by atoms with E-state index in [9.17, 15) is 14.4 Å². The van der Waals surface area contributed by atoms with Crippen LogP contribution in [0.2, 0.25) is 0 Å². The minimum Gasteiger partial charge on any atom is -0.427 e. The van der Waals surface area contributed by atoms with Gasteiger partial charge in [-0.25, -0.2) is 4.98 Å². The lowest BCUT2D eigenvalue weighted by Crippen LogP contribution is -2.17. The van der Waals surface area contributed by atoms with Gasteiger partial charge in [-0.15, -0.1) is 0 Å². The highest BCUT2D eigenvalue weighted by Crippen LogP contribution is 2.36. The molecule has 0 saturated heterocycles. The Hall–Kier alpha value is -4.82. The van der Waals surface area contributed by atoms with Crippen molar-refractivity contribution in [1.82, 2.24) is 4.98 Å². The number of hydrogen-bond donors (Lipinski definition) is 1. The van der Waals surface area contributed by atoms with E-state index in [4.69, 9.17) is 9.47 Å². The van der Waals surface area contributed by atoms with Gasteiger partial charge in [0, 0.05) is 25.3 Å². The summed E-state index contributed by atoms with van der Waals surface area (Å²) in [6.45, 7) is 2.70. The number of anilines is 1. The molecule has 1 aromatic heterocycles. The smallest absolute Gasteiger partial charge is 0.308 e. The van der Waals surface area contributed by atoms with Crippen molar-refractivity contribution < 1.29 is 23.9 Å². The van der Waals surface area contributed by atoms with E-state index in [1.807, 2.05) is 66.7 Å². The summed E-state index contributed by atoms with van der Waals surface area (Å²) in [5, 5.41) is 3.48. The number of fused-ring (bicyclic) bond motifs is 1. The van der Waals surface area contributed by atoms with Gasteiger partial charge in [-0.2, -0.15) is 0 Å². The van der Waals surface area contributed by atoms with E-state index in [2.05, 4.69) is 10.3 Å². The van der Waals surface area contributed by atoms with Crippen LogP contribution < -0.4 is 14.8 Å². The Morgan fingerprint density at radius 3 is 1.82 bits per heavy atom. The Kier molecular flexibility index (Phi) is 7.47. The van der Waals surface area contributed by atoms with E-state index in [-0.39, 0.29) is 11.8 Å². The summed E-state index contributed by atoms with van der Waals surface area (Å²) < 4.78 is 11.4. The molecular weight excluding hydrogens is 512 g/mol. The van der Waals surface area contributed by atoms with Crippen LogP contribution in [-0.4, -0.2) is 22.8 Å². The third-order valence-corrected chi connectivity index (χ3v) is 6.93. The second-order valence-electron chi connectivity index (χ2n) is 8.79.